The summed E-state index contributed by atoms with van der Waals surface area (Å²) in [6, 6.07) is 7.93. The maximum Gasteiger partial charge on any atom is 0.118 e. The van der Waals surface area contributed by atoms with Crippen molar-refractivity contribution in [1.29, 1.82) is 0 Å². The Morgan fingerprint density at radius 2 is 1.72 bits per heavy atom. The summed E-state index contributed by atoms with van der Waals surface area (Å²) in [5.41, 5.74) is 1.17. The molecule has 0 fully saturated rings. The molecule has 0 saturated carbocycles. The van der Waals surface area contributed by atoms with Gasteiger partial charge in [0.05, 0.1) is 13.2 Å². The summed E-state index contributed by atoms with van der Waals surface area (Å²) in [5.74, 6) is 7.28. The first-order valence-corrected chi connectivity index (χ1v) is 6.13. The van der Waals surface area contributed by atoms with E-state index in [1.807, 2.05) is 24.3 Å². The highest BCUT2D eigenvalue weighted by Gasteiger charge is 2.09. The predicted octanol–water partition coefficient (Wildman–Crippen LogP) is 3.82. The Morgan fingerprint density at radius 3 is 2.17 bits per heavy atom. The number of ether oxygens (including phenoxy) is 2. The lowest BCUT2D eigenvalue weighted by molar-refractivity contribution is 0.108. The van der Waals surface area contributed by atoms with Crippen LogP contribution in [0.15, 0.2) is 24.3 Å². The molecule has 1 atom stereocenters. The van der Waals surface area contributed by atoms with Crippen LogP contribution in [0.25, 0.3) is 0 Å². The molecule has 18 heavy (non-hydrogen) atoms. The van der Waals surface area contributed by atoms with Gasteiger partial charge in [-0.05, 0) is 38.5 Å². The van der Waals surface area contributed by atoms with E-state index in [1.165, 1.54) is 0 Å². The van der Waals surface area contributed by atoms with Crippen LogP contribution >= 0.6 is 0 Å². The van der Waals surface area contributed by atoms with Crippen molar-refractivity contribution in [2.24, 2.45) is 5.41 Å². The molecule has 1 aromatic rings. The van der Waals surface area contributed by atoms with Crippen LogP contribution in [0.4, 0.5) is 0 Å². The van der Waals surface area contributed by atoms with Crippen molar-refractivity contribution in [3.63, 3.8) is 0 Å². The van der Waals surface area contributed by atoms with Gasteiger partial charge in [0.15, 0.2) is 0 Å². The van der Waals surface area contributed by atoms with E-state index < -0.39 is 0 Å². The monoisotopic (exact) mass is 246 g/mol. The van der Waals surface area contributed by atoms with Crippen molar-refractivity contribution in [3.05, 3.63) is 29.8 Å². The minimum Gasteiger partial charge on any atom is -0.497 e. The van der Waals surface area contributed by atoms with E-state index in [-0.39, 0.29) is 11.5 Å². The first kappa shape index (κ1) is 14.6. The molecular formula is C16H22O2. The summed E-state index contributed by atoms with van der Waals surface area (Å²) < 4.78 is 10.6. The van der Waals surface area contributed by atoms with Crippen LogP contribution in [-0.2, 0) is 4.74 Å². The van der Waals surface area contributed by atoms with Crippen molar-refractivity contribution in [3.8, 4) is 17.6 Å². The molecule has 0 radical (unpaired) electrons. The minimum absolute atomic E-state index is 0.0192. The zero-order chi connectivity index (χ0) is 13.6. The SMILES string of the molecule is COc1ccc(C(CC#CC(C)(C)C)OC)cc1. The molecule has 1 unspecified atom stereocenters. The summed E-state index contributed by atoms with van der Waals surface area (Å²) in [7, 11) is 3.38. The summed E-state index contributed by atoms with van der Waals surface area (Å²) >= 11 is 0. The fraction of sp³-hybridized carbons (Fsp3) is 0.500. The standard InChI is InChI=1S/C16H22O2/c1-16(2,3)12-6-7-15(18-5)13-8-10-14(17-4)11-9-13/h8-11,15H,7H2,1-5H3. The summed E-state index contributed by atoms with van der Waals surface area (Å²) in [5, 5.41) is 0. The van der Waals surface area contributed by atoms with Crippen LogP contribution in [0.3, 0.4) is 0 Å². The van der Waals surface area contributed by atoms with Gasteiger partial charge in [-0.3, -0.25) is 0 Å². The Morgan fingerprint density at radius 1 is 1.11 bits per heavy atom. The number of rotatable bonds is 4. The largest absolute Gasteiger partial charge is 0.497 e. The molecule has 0 aliphatic heterocycles. The van der Waals surface area contributed by atoms with Gasteiger partial charge in [-0.1, -0.05) is 24.0 Å². The van der Waals surface area contributed by atoms with Gasteiger partial charge in [0.1, 0.15) is 5.75 Å². The summed E-state index contributed by atoms with van der Waals surface area (Å²) in [6.07, 6.45) is 0.728. The third-order valence-electron chi connectivity index (χ3n) is 2.52. The number of methoxy groups -OCH3 is 2. The van der Waals surface area contributed by atoms with Crippen LogP contribution in [0.5, 0.6) is 5.75 Å². The van der Waals surface area contributed by atoms with Crippen LogP contribution in [-0.4, -0.2) is 14.2 Å². The normalized spacial score (nSPS) is 12.5. The molecule has 0 spiro atoms. The zero-order valence-corrected chi connectivity index (χ0v) is 11.9. The fourth-order valence-corrected chi connectivity index (χ4v) is 1.56. The number of hydrogen-bond acceptors (Lipinski definition) is 2. The van der Waals surface area contributed by atoms with Gasteiger partial charge in [-0.15, -0.1) is 0 Å². The lowest BCUT2D eigenvalue weighted by Gasteiger charge is -2.14. The number of hydrogen-bond donors (Lipinski definition) is 0. The topological polar surface area (TPSA) is 18.5 Å². The maximum absolute atomic E-state index is 5.48. The van der Waals surface area contributed by atoms with Crippen LogP contribution < -0.4 is 4.74 Å². The third kappa shape index (κ3) is 4.81. The highest BCUT2D eigenvalue weighted by molar-refractivity contribution is 5.29. The van der Waals surface area contributed by atoms with Gasteiger partial charge in [0.2, 0.25) is 0 Å². The van der Waals surface area contributed by atoms with Gasteiger partial charge in [-0.25, -0.2) is 0 Å². The Balaban J connectivity index is 2.73. The Bertz CT molecular complexity index is 415. The van der Waals surface area contributed by atoms with E-state index in [0.29, 0.717) is 6.42 Å². The van der Waals surface area contributed by atoms with Crippen LogP contribution in [0, 0.1) is 17.3 Å². The van der Waals surface area contributed by atoms with Crippen molar-refractivity contribution >= 4 is 0 Å². The number of benzene rings is 1. The van der Waals surface area contributed by atoms with Crippen LogP contribution in [0.1, 0.15) is 38.9 Å². The molecule has 98 valence electrons. The summed E-state index contributed by atoms with van der Waals surface area (Å²) in [4.78, 5) is 0. The van der Waals surface area contributed by atoms with Gasteiger partial charge in [0.25, 0.3) is 0 Å². The van der Waals surface area contributed by atoms with Gasteiger partial charge in [-0.2, -0.15) is 0 Å². The second kappa shape index (κ2) is 6.47. The second-order valence-corrected chi connectivity index (χ2v) is 5.25. The quantitative estimate of drug-likeness (QED) is 0.752. The minimum atomic E-state index is 0.0192. The fourth-order valence-electron chi connectivity index (χ4n) is 1.56. The molecule has 0 aliphatic carbocycles. The lowest BCUT2D eigenvalue weighted by Crippen LogP contribution is -2.02. The maximum atomic E-state index is 5.48. The molecule has 0 amide bonds. The molecule has 0 heterocycles. The van der Waals surface area contributed by atoms with Gasteiger partial charge < -0.3 is 9.47 Å². The van der Waals surface area contributed by atoms with E-state index in [9.17, 15) is 0 Å². The van der Waals surface area contributed by atoms with Gasteiger partial charge >= 0.3 is 0 Å². The molecular weight excluding hydrogens is 224 g/mol. The van der Waals surface area contributed by atoms with Gasteiger partial charge in [0, 0.05) is 18.9 Å². The zero-order valence-electron chi connectivity index (χ0n) is 11.9. The van der Waals surface area contributed by atoms with Crippen molar-refractivity contribution < 1.29 is 9.47 Å². The smallest absolute Gasteiger partial charge is 0.118 e. The molecule has 0 bridgehead atoms. The second-order valence-electron chi connectivity index (χ2n) is 5.25. The highest BCUT2D eigenvalue weighted by Crippen LogP contribution is 2.23. The molecule has 0 aromatic heterocycles. The Kier molecular flexibility index (Phi) is 5.25. The Hall–Kier alpha value is -1.46. The van der Waals surface area contributed by atoms with E-state index in [1.54, 1.807) is 14.2 Å². The third-order valence-corrected chi connectivity index (χ3v) is 2.52. The first-order chi connectivity index (χ1) is 8.46. The average Bonchev–Trinajstić information content (AvgIpc) is 2.34. The molecule has 0 saturated heterocycles. The predicted molar refractivity (Wildman–Crippen MR) is 74.6 cm³/mol. The molecule has 2 nitrogen and oxygen atoms in total. The first-order valence-electron chi connectivity index (χ1n) is 6.13. The van der Waals surface area contributed by atoms with Crippen molar-refractivity contribution in [1.82, 2.24) is 0 Å². The molecule has 0 N–H and O–H groups in total. The van der Waals surface area contributed by atoms with Crippen molar-refractivity contribution in [2.75, 3.05) is 14.2 Å². The van der Waals surface area contributed by atoms with Crippen molar-refractivity contribution in [2.45, 2.75) is 33.3 Å². The van der Waals surface area contributed by atoms with E-state index >= 15 is 0 Å². The molecule has 2 heteroatoms. The van der Waals surface area contributed by atoms with Crippen LogP contribution in [0.2, 0.25) is 0 Å². The lowest BCUT2D eigenvalue weighted by atomic mass is 9.97. The van der Waals surface area contributed by atoms with E-state index in [2.05, 4.69) is 32.6 Å². The van der Waals surface area contributed by atoms with E-state index in [4.69, 9.17) is 9.47 Å². The molecule has 0 aliphatic rings. The summed E-state index contributed by atoms with van der Waals surface area (Å²) in [6.45, 7) is 6.32. The highest BCUT2D eigenvalue weighted by atomic mass is 16.5. The average molecular weight is 246 g/mol. The molecule has 1 aromatic carbocycles. The van der Waals surface area contributed by atoms with E-state index in [0.717, 1.165) is 11.3 Å². The Labute approximate surface area is 110 Å². The molecule has 1 rings (SSSR count).